The van der Waals surface area contributed by atoms with Crippen molar-refractivity contribution in [2.75, 3.05) is 32.8 Å². The summed E-state index contributed by atoms with van der Waals surface area (Å²) in [6.07, 6.45) is 2.39. The van der Waals surface area contributed by atoms with Crippen LogP contribution in [-0.2, 0) is 11.3 Å². The average Bonchev–Trinajstić information content (AvgIpc) is 2.71. The molecule has 0 aromatic carbocycles. The zero-order valence-electron chi connectivity index (χ0n) is 14.9. The minimum atomic E-state index is -0.394. The van der Waals surface area contributed by atoms with E-state index in [2.05, 4.69) is 4.98 Å². The van der Waals surface area contributed by atoms with Crippen LogP contribution in [0.1, 0.15) is 12.0 Å². The van der Waals surface area contributed by atoms with Gasteiger partial charge >= 0.3 is 0 Å². The smallest absolute Gasteiger partial charge is 0.270 e. The van der Waals surface area contributed by atoms with Gasteiger partial charge in [-0.2, -0.15) is 5.26 Å². The molecule has 3 aromatic heterocycles. The molecular weight excluding hydrogens is 346 g/mol. The maximum Gasteiger partial charge on any atom is 0.270 e. The summed E-state index contributed by atoms with van der Waals surface area (Å²) >= 11 is 0. The number of nitrogens with zero attached hydrogens (tertiary/aromatic N) is 4. The Kier molecular flexibility index (Phi) is 4.71. The third-order valence-corrected chi connectivity index (χ3v) is 5.00. The SMILES string of the molecule is N#Cc1cc2c(=O)n3ccccc3nc2n(CCC[NH+]2CCOCC2)c1=O. The number of rotatable bonds is 4. The summed E-state index contributed by atoms with van der Waals surface area (Å²) in [5.74, 6) is 0. The molecule has 1 aliphatic rings. The first-order chi connectivity index (χ1) is 13.2. The highest BCUT2D eigenvalue weighted by atomic mass is 16.5. The Bertz CT molecular complexity index is 1150. The molecular formula is C19H20N5O3+. The van der Waals surface area contributed by atoms with Gasteiger partial charge < -0.3 is 9.64 Å². The number of hydrogen-bond donors (Lipinski definition) is 1. The van der Waals surface area contributed by atoms with Crippen LogP contribution in [0.2, 0.25) is 0 Å². The van der Waals surface area contributed by atoms with Crippen LogP contribution in [0.4, 0.5) is 0 Å². The van der Waals surface area contributed by atoms with Crippen molar-refractivity contribution in [1.29, 1.82) is 5.26 Å². The van der Waals surface area contributed by atoms with Gasteiger partial charge in [-0.1, -0.05) is 6.07 Å². The van der Waals surface area contributed by atoms with Crippen molar-refractivity contribution in [3.63, 3.8) is 0 Å². The van der Waals surface area contributed by atoms with Crippen LogP contribution in [0.3, 0.4) is 0 Å². The number of aromatic nitrogens is 3. The highest BCUT2D eigenvalue weighted by Gasteiger charge is 2.17. The molecule has 8 heteroatoms. The lowest BCUT2D eigenvalue weighted by atomic mass is 10.2. The van der Waals surface area contributed by atoms with Gasteiger partial charge in [0.25, 0.3) is 11.1 Å². The van der Waals surface area contributed by atoms with E-state index in [1.54, 1.807) is 24.4 Å². The van der Waals surface area contributed by atoms with Gasteiger partial charge in [0.05, 0.1) is 25.1 Å². The molecule has 4 heterocycles. The lowest BCUT2D eigenvalue weighted by molar-refractivity contribution is -0.908. The number of pyridine rings is 2. The van der Waals surface area contributed by atoms with Crippen LogP contribution in [0.25, 0.3) is 16.7 Å². The number of nitrogens with one attached hydrogen (secondary N) is 1. The molecule has 1 N–H and O–H groups in total. The third-order valence-electron chi connectivity index (χ3n) is 5.00. The normalized spacial score (nSPS) is 15.2. The number of nitriles is 1. The Morgan fingerprint density at radius 1 is 1.22 bits per heavy atom. The molecule has 0 spiro atoms. The van der Waals surface area contributed by atoms with Gasteiger partial charge in [-0.3, -0.25) is 18.6 Å². The Hall–Kier alpha value is -3.02. The highest BCUT2D eigenvalue weighted by molar-refractivity contribution is 5.77. The number of fused-ring (bicyclic) bond motifs is 2. The van der Waals surface area contributed by atoms with Crippen molar-refractivity contribution in [2.24, 2.45) is 0 Å². The fourth-order valence-electron chi connectivity index (χ4n) is 3.56. The van der Waals surface area contributed by atoms with Gasteiger partial charge in [0.2, 0.25) is 0 Å². The summed E-state index contributed by atoms with van der Waals surface area (Å²) in [6, 6.07) is 8.53. The Morgan fingerprint density at radius 3 is 2.81 bits per heavy atom. The van der Waals surface area contributed by atoms with Crippen LogP contribution < -0.4 is 16.0 Å². The van der Waals surface area contributed by atoms with E-state index >= 15 is 0 Å². The first-order valence-corrected chi connectivity index (χ1v) is 9.05. The maximum absolute atomic E-state index is 12.8. The topological polar surface area (TPSA) is 93.8 Å². The summed E-state index contributed by atoms with van der Waals surface area (Å²) in [6.45, 7) is 4.75. The van der Waals surface area contributed by atoms with Gasteiger partial charge in [-0.05, 0) is 18.2 Å². The molecule has 1 aliphatic heterocycles. The minimum Gasteiger partial charge on any atom is -0.370 e. The van der Waals surface area contributed by atoms with Gasteiger partial charge in [-0.25, -0.2) is 4.98 Å². The molecule has 4 rings (SSSR count). The van der Waals surface area contributed by atoms with Crippen LogP contribution in [0.5, 0.6) is 0 Å². The Labute approximate surface area is 154 Å². The monoisotopic (exact) mass is 366 g/mol. The predicted molar refractivity (Wildman–Crippen MR) is 98.9 cm³/mol. The second kappa shape index (κ2) is 7.31. The zero-order valence-corrected chi connectivity index (χ0v) is 14.9. The summed E-state index contributed by atoms with van der Waals surface area (Å²) in [4.78, 5) is 31.5. The molecule has 0 amide bonds. The van der Waals surface area contributed by atoms with Crippen molar-refractivity contribution in [1.82, 2.24) is 14.0 Å². The molecule has 1 fully saturated rings. The number of ether oxygens (including phenoxy) is 1. The first-order valence-electron chi connectivity index (χ1n) is 9.05. The summed E-state index contributed by atoms with van der Waals surface area (Å²) in [5, 5.41) is 9.61. The summed E-state index contributed by atoms with van der Waals surface area (Å²) < 4.78 is 8.27. The molecule has 138 valence electrons. The molecule has 8 nitrogen and oxygen atoms in total. The summed E-state index contributed by atoms with van der Waals surface area (Å²) in [7, 11) is 0. The van der Waals surface area contributed by atoms with Crippen molar-refractivity contribution in [2.45, 2.75) is 13.0 Å². The van der Waals surface area contributed by atoms with Gasteiger partial charge in [0.1, 0.15) is 30.4 Å². The Balaban J connectivity index is 1.77. The number of morpholine rings is 1. The molecule has 0 saturated carbocycles. The zero-order chi connectivity index (χ0) is 18.8. The largest absolute Gasteiger partial charge is 0.370 e. The lowest BCUT2D eigenvalue weighted by Gasteiger charge is -2.23. The quantitative estimate of drug-likeness (QED) is 0.610. The number of hydrogen-bond acceptors (Lipinski definition) is 5. The van der Waals surface area contributed by atoms with Gasteiger partial charge in [0, 0.05) is 19.2 Å². The van der Waals surface area contributed by atoms with E-state index in [1.807, 2.05) is 6.07 Å². The predicted octanol–water partition coefficient (Wildman–Crippen LogP) is -0.814. The van der Waals surface area contributed by atoms with E-state index in [4.69, 9.17) is 4.74 Å². The fraction of sp³-hybridized carbons (Fsp3) is 0.368. The maximum atomic E-state index is 12.8. The van der Waals surface area contributed by atoms with Gasteiger partial charge in [0.15, 0.2) is 5.65 Å². The molecule has 27 heavy (non-hydrogen) atoms. The third kappa shape index (κ3) is 3.23. The second-order valence-corrected chi connectivity index (χ2v) is 6.68. The molecule has 3 aromatic rings. The standard InChI is InChI=1S/C19H19N5O3/c20-13-14-12-15-17(21-16-4-1-2-6-23(16)19(15)26)24(18(14)25)7-3-5-22-8-10-27-11-9-22/h1-2,4,6,12H,3,5,7-11H2/p+1. The van der Waals surface area contributed by atoms with E-state index in [9.17, 15) is 14.9 Å². The van der Waals surface area contributed by atoms with Crippen molar-refractivity contribution >= 4 is 16.7 Å². The average molecular weight is 366 g/mol. The van der Waals surface area contributed by atoms with Gasteiger partial charge in [-0.15, -0.1) is 0 Å². The van der Waals surface area contributed by atoms with Crippen LogP contribution in [0, 0.1) is 11.3 Å². The molecule has 0 bridgehead atoms. The molecule has 0 aliphatic carbocycles. The van der Waals surface area contributed by atoms with Crippen LogP contribution >= 0.6 is 0 Å². The van der Waals surface area contributed by atoms with E-state index in [1.165, 1.54) is 19.9 Å². The summed E-state index contributed by atoms with van der Waals surface area (Å²) in [5.41, 5.74) is 0.114. The molecule has 0 unspecified atom stereocenters. The highest BCUT2D eigenvalue weighted by Crippen LogP contribution is 2.10. The number of aryl methyl sites for hydroxylation is 1. The van der Waals surface area contributed by atoms with Crippen LogP contribution in [-0.4, -0.2) is 46.8 Å². The first kappa shape index (κ1) is 17.4. The minimum absolute atomic E-state index is 0.0315. The Morgan fingerprint density at radius 2 is 2.04 bits per heavy atom. The van der Waals surface area contributed by atoms with Crippen LogP contribution in [0.15, 0.2) is 40.1 Å². The van der Waals surface area contributed by atoms with Crippen molar-refractivity contribution < 1.29 is 9.64 Å². The van der Waals surface area contributed by atoms with E-state index in [-0.39, 0.29) is 16.5 Å². The van der Waals surface area contributed by atoms with Crippen molar-refractivity contribution in [3.05, 3.63) is 56.7 Å². The van der Waals surface area contributed by atoms with E-state index < -0.39 is 5.56 Å². The van der Waals surface area contributed by atoms with Crippen molar-refractivity contribution in [3.8, 4) is 6.07 Å². The lowest BCUT2D eigenvalue weighted by Crippen LogP contribution is -3.14. The molecule has 0 radical (unpaired) electrons. The second-order valence-electron chi connectivity index (χ2n) is 6.68. The van der Waals surface area contributed by atoms with E-state index in [0.717, 1.165) is 39.3 Å². The fourth-order valence-corrected chi connectivity index (χ4v) is 3.56. The molecule has 0 atom stereocenters. The molecule has 1 saturated heterocycles. The van der Waals surface area contributed by atoms with E-state index in [0.29, 0.717) is 17.8 Å². The number of quaternary nitrogens is 1.